The number of nitrogens with one attached hydrogen (secondary N) is 3. The van der Waals surface area contributed by atoms with E-state index in [4.69, 9.17) is 4.74 Å². The molecule has 176 valence electrons. The minimum absolute atomic E-state index is 0.134. The van der Waals surface area contributed by atoms with Crippen LogP contribution >= 0.6 is 0 Å². The van der Waals surface area contributed by atoms with E-state index in [0.29, 0.717) is 23.7 Å². The third-order valence-electron chi connectivity index (χ3n) is 5.48. The number of benzene rings is 2. The lowest BCUT2D eigenvalue weighted by molar-refractivity contribution is -0.118. The normalized spacial score (nSPS) is 13.1. The minimum Gasteiger partial charge on any atom is -0.484 e. The molecule has 8 nitrogen and oxygen atoms in total. The zero-order valence-electron chi connectivity index (χ0n) is 19.0. The van der Waals surface area contributed by atoms with Crippen molar-refractivity contribution in [1.29, 1.82) is 0 Å². The Kier molecular flexibility index (Phi) is 7.95. The highest BCUT2D eigenvalue weighted by molar-refractivity contribution is 5.92. The maximum Gasteiger partial charge on any atom is 0.319 e. The fraction of sp³-hybridized carbons (Fsp3) is 0.269. The van der Waals surface area contributed by atoms with Crippen LogP contribution in [0.4, 0.5) is 22.0 Å². The highest BCUT2D eigenvalue weighted by Crippen LogP contribution is 2.22. The number of carbonyl (C=O) groups excluding carboxylic acids is 2. The maximum absolute atomic E-state index is 12.5. The van der Waals surface area contributed by atoms with Gasteiger partial charge in [-0.25, -0.2) is 9.78 Å². The summed E-state index contributed by atoms with van der Waals surface area (Å²) >= 11 is 0. The van der Waals surface area contributed by atoms with E-state index in [-0.39, 0.29) is 18.5 Å². The Labute approximate surface area is 199 Å². The molecule has 3 aromatic rings. The molecule has 1 saturated heterocycles. The molecule has 0 bridgehead atoms. The first kappa shape index (κ1) is 23.1. The van der Waals surface area contributed by atoms with E-state index in [2.05, 4.69) is 25.8 Å². The number of rotatable bonds is 8. The van der Waals surface area contributed by atoms with Gasteiger partial charge in [-0.05, 0) is 49.6 Å². The Morgan fingerprint density at radius 3 is 2.50 bits per heavy atom. The zero-order valence-corrected chi connectivity index (χ0v) is 19.0. The molecule has 0 unspecified atom stereocenters. The lowest BCUT2D eigenvalue weighted by atomic mass is 10.1. The Morgan fingerprint density at radius 1 is 0.882 bits per heavy atom. The van der Waals surface area contributed by atoms with Crippen molar-refractivity contribution in [3.8, 4) is 5.75 Å². The maximum atomic E-state index is 12.5. The largest absolute Gasteiger partial charge is 0.484 e. The number of ether oxygens (including phenoxy) is 1. The van der Waals surface area contributed by atoms with Crippen LogP contribution < -0.4 is 25.6 Å². The van der Waals surface area contributed by atoms with E-state index in [0.717, 1.165) is 37.3 Å². The molecule has 4 rings (SSSR count). The van der Waals surface area contributed by atoms with Crippen molar-refractivity contribution in [2.24, 2.45) is 0 Å². The van der Waals surface area contributed by atoms with Gasteiger partial charge < -0.3 is 25.6 Å². The standard InChI is InChI=1S/C26H29N5O3/c32-24(29-21-10-3-1-4-11-21)19-34-23-13-7-12-22(17-23)30-26(33)28-18-20-9-8-14-27-25(20)31-15-5-2-6-16-31/h1,3-4,7-14,17H,2,5-6,15-16,18-19H2,(H,29,32)(H2,28,30,33). The van der Waals surface area contributed by atoms with Gasteiger partial charge >= 0.3 is 6.03 Å². The first-order valence-electron chi connectivity index (χ1n) is 11.5. The molecule has 1 aliphatic heterocycles. The SMILES string of the molecule is O=C(COc1cccc(NC(=O)NCc2cccnc2N2CCCCC2)c1)Nc1ccccc1. The summed E-state index contributed by atoms with van der Waals surface area (Å²) in [6, 6.07) is 19.7. The molecule has 1 aromatic heterocycles. The van der Waals surface area contributed by atoms with Gasteiger partial charge in [0.25, 0.3) is 5.91 Å². The number of piperidine rings is 1. The number of carbonyl (C=O) groups is 2. The number of hydrogen-bond donors (Lipinski definition) is 3. The van der Waals surface area contributed by atoms with Gasteiger partial charge in [0, 0.05) is 48.8 Å². The van der Waals surface area contributed by atoms with Gasteiger partial charge in [0.05, 0.1) is 0 Å². The molecule has 1 aliphatic rings. The van der Waals surface area contributed by atoms with Crippen LogP contribution in [0.15, 0.2) is 72.9 Å². The van der Waals surface area contributed by atoms with Crippen molar-refractivity contribution in [3.63, 3.8) is 0 Å². The molecule has 3 N–H and O–H groups in total. The van der Waals surface area contributed by atoms with Gasteiger partial charge in [-0.1, -0.05) is 30.3 Å². The Balaban J connectivity index is 1.27. The predicted molar refractivity (Wildman–Crippen MR) is 133 cm³/mol. The van der Waals surface area contributed by atoms with Crippen LogP contribution in [-0.4, -0.2) is 36.6 Å². The highest BCUT2D eigenvalue weighted by Gasteiger charge is 2.16. The molecule has 0 aliphatic carbocycles. The molecule has 0 atom stereocenters. The molecule has 0 spiro atoms. The monoisotopic (exact) mass is 459 g/mol. The first-order valence-corrected chi connectivity index (χ1v) is 11.5. The topological polar surface area (TPSA) is 95.6 Å². The number of pyridine rings is 1. The highest BCUT2D eigenvalue weighted by atomic mass is 16.5. The molecule has 8 heteroatoms. The second-order valence-electron chi connectivity index (χ2n) is 8.07. The van der Waals surface area contributed by atoms with E-state index < -0.39 is 0 Å². The van der Waals surface area contributed by atoms with E-state index in [1.807, 2.05) is 42.5 Å². The second kappa shape index (κ2) is 11.7. The molecule has 2 aromatic carbocycles. The first-order chi connectivity index (χ1) is 16.7. The van der Waals surface area contributed by atoms with Gasteiger partial charge in [0.2, 0.25) is 0 Å². The van der Waals surface area contributed by atoms with Gasteiger partial charge in [-0.3, -0.25) is 4.79 Å². The summed E-state index contributed by atoms with van der Waals surface area (Å²) < 4.78 is 5.58. The zero-order chi connectivity index (χ0) is 23.6. The Bertz CT molecular complexity index is 1100. The van der Waals surface area contributed by atoms with Crippen LogP contribution in [0.2, 0.25) is 0 Å². The van der Waals surface area contributed by atoms with Crippen molar-refractivity contribution in [3.05, 3.63) is 78.5 Å². The van der Waals surface area contributed by atoms with E-state index in [1.54, 1.807) is 30.5 Å². The number of para-hydroxylation sites is 1. The minimum atomic E-state index is -0.326. The fourth-order valence-corrected chi connectivity index (χ4v) is 3.84. The lowest BCUT2D eigenvalue weighted by Gasteiger charge is -2.29. The van der Waals surface area contributed by atoms with Crippen molar-refractivity contribution in [2.75, 3.05) is 35.2 Å². The third kappa shape index (κ3) is 6.71. The van der Waals surface area contributed by atoms with Gasteiger partial charge in [0.15, 0.2) is 6.61 Å². The Morgan fingerprint density at radius 2 is 1.68 bits per heavy atom. The van der Waals surface area contributed by atoms with E-state index >= 15 is 0 Å². The van der Waals surface area contributed by atoms with Crippen LogP contribution in [0, 0.1) is 0 Å². The number of hydrogen-bond acceptors (Lipinski definition) is 5. The molecule has 3 amide bonds. The van der Waals surface area contributed by atoms with E-state index in [9.17, 15) is 9.59 Å². The van der Waals surface area contributed by atoms with Crippen molar-refractivity contribution >= 4 is 29.1 Å². The average molecular weight is 460 g/mol. The summed E-state index contributed by atoms with van der Waals surface area (Å²) in [6.07, 6.45) is 5.37. The smallest absolute Gasteiger partial charge is 0.319 e. The second-order valence-corrected chi connectivity index (χ2v) is 8.07. The lowest BCUT2D eigenvalue weighted by Crippen LogP contribution is -2.33. The van der Waals surface area contributed by atoms with Gasteiger partial charge in [-0.15, -0.1) is 0 Å². The van der Waals surface area contributed by atoms with Crippen molar-refractivity contribution in [2.45, 2.75) is 25.8 Å². The molecule has 34 heavy (non-hydrogen) atoms. The molecular weight excluding hydrogens is 430 g/mol. The van der Waals surface area contributed by atoms with Crippen LogP contribution in [-0.2, 0) is 11.3 Å². The van der Waals surface area contributed by atoms with Crippen LogP contribution in [0.25, 0.3) is 0 Å². The summed E-state index contributed by atoms with van der Waals surface area (Å²) in [5.41, 5.74) is 2.27. The predicted octanol–water partition coefficient (Wildman–Crippen LogP) is 4.41. The third-order valence-corrected chi connectivity index (χ3v) is 5.48. The molecular formula is C26H29N5O3. The quantitative estimate of drug-likeness (QED) is 0.464. The van der Waals surface area contributed by atoms with Gasteiger partial charge in [-0.2, -0.15) is 0 Å². The van der Waals surface area contributed by atoms with Crippen LogP contribution in [0.3, 0.4) is 0 Å². The summed E-state index contributed by atoms with van der Waals surface area (Å²) in [5.74, 6) is 1.16. The number of urea groups is 1. The van der Waals surface area contributed by atoms with Gasteiger partial charge in [0.1, 0.15) is 11.6 Å². The number of aromatic nitrogens is 1. The Hall–Kier alpha value is -4.07. The van der Waals surface area contributed by atoms with Crippen LogP contribution in [0.5, 0.6) is 5.75 Å². The molecule has 0 radical (unpaired) electrons. The fourth-order valence-electron chi connectivity index (χ4n) is 3.84. The summed E-state index contributed by atoms with van der Waals surface area (Å²) in [4.78, 5) is 31.4. The van der Waals surface area contributed by atoms with Crippen molar-refractivity contribution < 1.29 is 14.3 Å². The number of amides is 3. The molecule has 0 saturated carbocycles. The van der Waals surface area contributed by atoms with E-state index in [1.165, 1.54) is 6.42 Å². The van der Waals surface area contributed by atoms with Crippen LogP contribution in [0.1, 0.15) is 24.8 Å². The summed E-state index contributed by atoms with van der Waals surface area (Å²) in [5, 5.41) is 8.48. The molecule has 2 heterocycles. The number of anilines is 3. The molecule has 1 fully saturated rings. The van der Waals surface area contributed by atoms with Crippen molar-refractivity contribution in [1.82, 2.24) is 10.3 Å². The number of nitrogens with zero attached hydrogens (tertiary/aromatic N) is 2. The summed E-state index contributed by atoms with van der Waals surface area (Å²) in [6.45, 7) is 2.23. The average Bonchev–Trinajstić information content (AvgIpc) is 2.88. The summed E-state index contributed by atoms with van der Waals surface area (Å²) in [7, 11) is 0.